The van der Waals surface area contributed by atoms with Crippen molar-refractivity contribution in [2.45, 2.75) is 6.54 Å². The van der Waals surface area contributed by atoms with Crippen LogP contribution in [0, 0.1) is 0 Å². The van der Waals surface area contributed by atoms with Crippen molar-refractivity contribution in [1.82, 2.24) is 20.5 Å². The van der Waals surface area contributed by atoms with Crippen LogP contribution < -0.4 is 5.48 Å². The van der Waals surface area contributed by atoms with Gasteiger partial charge in [-0.1, -0.05) is 35.5 Å². The lowest BCUT2D eigenvalue weighted by Crippen LogP contribution is -2.14. The fourth-order valence-electron chi connectivity index (χ4n) is 1.44. The van der Waals surface area contributed by atoms with Crippen LogP contribution >= 0.6 is 0 Å². The molecule has 1 heterocycles. The minimum atomic E-state index is -0.604. The maximum atomic E-state index is 10.8. The molecule has 18 heavy (non-hydrogen) atoms. The van der Waals surface area contributed by atoms with E-state index in [9.17, 15) is 4.79 Å². The van der Waals surface area contributed by atoms with E-state index in [2.05, 4.69) is 10.3 Å². The number of carbonyl (C=O) groups is 1. The Kier molecular flexibility index (Phi) is 3.83. The second kappa shape index (κ2) is 5.74. The fourth-order valence-corrected chi connectivity index (χ4v) is 1.44. The first-order valence-corrected chi connectivity index (χ1v) is 5.34. The SMILES string of the molecule is O=C(/C=C/c1cn(Cc2ccccc2)nn1)NO. The summed E-state index contributed by atoms with van der Waals surface area (Å²) in [6.45, 7) is 0.619. The van der Waals surface area contributed by atoms with Crippen LogP contribution in [0.3, 0.4) is 0 Å². The third-order valence-corrected chi connectivity index (χ3v) is 2.26. The smallest absolute Gasteiger partial charge is 0.267 e. The van der Waals surface area contributed by atoms with E-state index in [0.717, 1.165) is 5.56 Å². The summed E-state index contributed by atoms with van der Waals surface area (Å²) in [4.78, 5) is 10.8. The first-order chi connectivity index (χ1) is 8.78. The summed E-state index contributed by atoms with van der Waals surface area (Å²) in [5.41, 5.74) is 3.17. The molecule has 6 heteroatoms. The van der Waals surface area contributed by atoms with E-state index in [1.165, 1.54) is 17.6 Å². The Hall–Kier alpha value is -2.47. The maximum Gasteiger partial charge on any atom is 0.267 e. The molecule has 0 bridgehead atoms. The molecule has 0 aliphatic carbocycles. The van der Waals surface area contributed by atoms with Crippen molar-refractivity contribution >= 4 is 12.0 Å². The largest absolute Gasteiger partial charge is 0.288 e. The van der Waals surface area contributed by atoms with Gasteiger partial charge in [0.05, 0.1) is 12.7 Å². The number of hydroxylamine groups is 1. The van der Waals surface area contributed by atoms with Gasteiger partial charge < -0.3 is 0 Å². The van der Waals surface area contributed by atoms with Crippen molar-refractivity contribution in [3.8, 4) is 0 Å². The summed E-state index contributed by atoms with van der Waals surface area (Å²) in [7, 11) is 0. The Bertz CT molecular complexity index is 548. The van der Waals surface area contributed by atoms with Gasteiger partial charge in [0.2, 0.25) is 0 Å². The first kappa shape index (κ1) is 12.0. The highest BCUT2D eigenvalue weighted by molar-refractivity contribution is 5.90. The van der Waals surface area contributed by atoms with Crippen molar-refractivity contribution in [3.05, 3.63) is 53.9 Å². The molecule has 1 aromatic carbocycles. The molecular weight excluding hydrogens is 232 g/mol. The number of hydrogen-bond acceptors (Lipinski definition) is 4. The van der Waals surface area contributed by atoms with Crippen molar-refractivity contribution in [1.29, 1.82) is 0 Å². The summed E-state index contributed by atoms with van der Waals surface area (Å²) in [6.07, 6.45) is 4.37. The van der Waals surface area contributed by atoms with E-state index in [4.69, 9.17) is 5.21 Å². The second-order valence-corrected chi connectivity index (χ2v) is 3.64. The summed E-state index contributed by atoms with van der Waals surface area (Å²) in [5, 5.41) is 16.1. The number of aromatic nitrogens is 3. The van der Waals surface area contributed by atoms with Crippen molar-refractivity contribution in [3.63, 3.8) is 0 Å². The lowest BCUT2D eigenvalue weighted by atomic mass is 10.2. The molecule has 0 radical (unpaired) electrons. The van der Waals surface area contributed by atoms with Gasteiger partial charge >= 0.3 is 0 Å². The summed E-state index contributed by atoms with van der Waals surface area (Å²) in [5.74, 6) is -0.604. The molecule has 0 fully saturated rings. The zero-order valence-corrected chi connectivity index (χ0v) is 9.52. The molecule has 1 amide bonds. The van der Waals surface area contributed by atoms with Gasteiger partial charge in [-0.2, -0.15) is 0 Å². The molecule has 2 N–H and O–H groups in total. The van der Waals surface area contributed by atoms with Crippen LogP contribution in [-0.4, -0.2) is 26.1 Å². The van der Waals surface area contributed by atoms with Crippen LogP contribution in [0.2, 0.25) is 0 Å². The third kappa shape index (κ3) is 3.26. The Morgan fingerprint density at radius 2 is 2.17 bits per heavy atom. The van der Waals surface area contributed by atoms with E-state index in [1.54, 1.807) is 10.9 Å². The first-order valence-electron chi connectivity index (χ1n) is 5.34. The molecule has 0 atom stereocenters. The molecule has 0 aliphatic rings. The van der Waals surface area contributed by atoms with Gasteiger partial charge in [0.1, 0.15) is 5.69 Å². The number of benzene rings is 1. The van der Waals surface area contributed by atoms with Crippen LogP contribution in [0.1, 0.15) is 11.3 Å². The van der Waals surface area contributed by atoms with Crippen LogP contribution in [0.25, 0.3) is 6.08 Å². The Labute approximate surface area is 104 Å². The zero-order chi connectivity index (χ0) is 12.8. The average molecular weight is 244 g/mol. The van der Waals surface area contributed by atoms with E-state index < -0.39 is 5.91 Å². The minimum absolute atomic E-state index is 0.550. The highest BCUT2D eigenvalue weighted by Gasteiger charge is 1.99. The number of nitrogens with zero attached hydrogens (tertiary/aromatic N) is 3. The van der Waals surface area contributed by atoms with Crippen LogP contribution in [0.4, 0.5) is 0 Å². The molecule has 1 aromatic heterocycles. The summed E-state index contributed by atoms with van der Waals surface area (Å²) >= 11 is 0. The predicted molar refractivity (Wildman–Crippen MR) is 64.5 cm³/mol. The van der Waals surface area contributed by atoms with E-state index in [0.29, 0.717) is 12.2 Å². The monoisotopic (exact) mass is 244 g/mol. The van der Waals surface area contributed by atoms with Crippen molar-refractivity contribution in [2.24, 2.45) is 0 Å². The average Bonchev–Trinajstić information content (AvgIpc) is 2.85. The van der Waals surface area contributed by atoms with E-state index in [-0.39, 0.29) is 0 Å². The third-order valence-electron chi connectivity index (χ3n) is 2.26. The molecular formula is C12H12N4O2. The van der Waals surface area contributed by atoms with Gasteiger partial charge in [0.15, 0.2) is 0 Å². The van der Waals surface area contributed by atoms with Crippen LogP contribution in [0.15, 0.2) is 42.6 Å². The summed E-state index contributed by atoms with van der Waals surface area (Å²) < 4.78 is 1.67. The number of hydrogen-bond donors (Lipinski definition) is 2. The lowest BCUT2D eigenvalue weighted by Gasteiger charge is -1.98. The fraction of sp³-hybridized carbons (Fsp3) is 0.0833. The number of rotatable bonds is 4. The number of nitrogens with one attached hydrogen (secondary N) is 1. The zero-order valence-electron chi connectivity index (χ0n) is 9.52. The molecule has 0 unspecified atom stereocenters. The number of amides is 1. The Morgan fingerprint density at radius 3 is 2.89 bits per heavy atom. The van der Waals surface area contributed by atoms with E-state index in [1.807, 2.05) is 30.3 Å². The van der Waals surface area contributed by atoms with Crippen LogP contribution in [-0.2, 0) is 11.3 Å². The molecule has 0 saturated heterocycles. The molecule has 0 aliphatic heterocycles. The standard InChI is InChI=1S/C12H12N4O2/c17-12(14-18)7-6-11-9-16(15-13-11)8-10-4-2-1-3-5-10/h1-7,9,18H,8H2,(H,14,17)/b7-6+. The van der Waals surface area contributed by atoms with E-state index >= 15 is 0 Å². The number of carbonyl (C=O) groups excluding carboxylic acids is 1. The normalized spacial score (nSPS) is 10.7. The lowest BCUT2D eigenvalue weighted by molar-refractivity contribution is -0.124. The van der Waals surface area contributed by atoms with Gasteiger partial charge in [-0.3, -0.25) is 10.0 Å². The van der Waals surface area contributed by atoms with Gasteiger partial charge in [0, 0.05) is 6.08 Å². The predicted octanol–water partition coefficient (Wildman–Crippen LogP) is 0.845. The van der Waals surface area contributed by atoms with Crippen LogP contribution in [0.5, 0.6) is 0 Å². The molecule has 2 aromatic rings. The highest BCUT2D eigenvalue weighted by atomic mass is 16.5. The second-order valence-electron chi connectivity index (χ2n) is 3.64. The Balaban J connectivity index is 2.02. The molecule has 92 valence electrons. The van der Waals surface area contributed by atoms with Gasteiger partial charge in [0.25, 0.3) is 5.91 Å². The maximum absolute atomic E-state index is 10.8. The van der Waals surface area contributed by atoms with Crippen molar-refractivity contribution < 1.29 is 10.0 Å². The van der Waals surface area contributed by atoms with Gasteiger partial charge in [-0.25, -0.2) is 10.2 Å². The minimum Gasteiger partial charge on any atom is -0.288 e. The van der Waals surface area contributed by atoms with Gasteiger partial charge in [-0.15, -0.1) is 5.10 Å². The molecule has 0 saturated carbocycles. The van der Waals surface area contributed by atoms with Crippen molar-refractivity contribution in [2.75, 3.05) is 0 Å². The molecule has 2 rings (SSSR count). The summed E-state index contributed by atoms with van der Waals surface area (Å²) in [6, 6.07) is 9.86. The Morgan fingerprint density at radius 1 is 1.39 bits per heavy atom. The highest BCUT2D eigenvalue weighted by Crippen LogP contribution is 2.03. The molecule has 6 nitrogen and oxygen atoms in total. The quantitative estimate of drug-likeness (QED) is 0.474. The molecule has 0 spiro atoms. The van der Waals surface area contributed by atoms with Gasteiger partial charge in [-0.05, 0) is 11.6 Å². The topological polar surface area (TPSA) is 80.0 Å².